The van der Waals surface area contributed by atoms with E-state index < -0.39 is 33.7 Å². The Bertz CT molecular complexity index is 1650. The molecular formula is C20H17F3N8O3S. The maximum Gasteiger partial charge on any atom is 0.404 e. The Labute approximate surface area is 195 Å². The van der Waals surface area contributed by atoms with Gasteiger partial charge in [0, 0.05) is 19.3 Å². The number of fused-ring (bicyclic) bond motifs is 2. The number of hydrogen-bond acceptors (Lipinski definition) is 7. The van der Waals surface area contributed by atoms with Crippen LogP contribution in [0.15, 0.2) is 35.5 Å². The highest BCUT2D eigenvalue weighted by Crippen LogP contribution is 2.29. The molecule has 0 spiro atoms. The van der Waals surface area contributed by atoms with Gasteiger partial charge in [-0.15, -0.1) is 0 Å². The van der Waals surface area contributed by atoms with Gasteiger partial charge in [0.2, 0.25) is 10.0 Å². The largest absolute Gasteiger partial charge is 0.404 e. The van der Waals surface area contributed by atoms with E-state index in [1.165, 1.54) is 17.0 Å². The van der Waals surface area contributed by atoms with Crippen molar-refractivity contribution in [1.82, 2.24) is 33.4 Å². The summed E-state index contributed by atoms with van der Waals surface area (Å²) in [6.07, 6.45) is 0.314. The summed E-state index contributed by atoms with van der Waals surface area (Å²) >= 11 is 0. The highest BCUT2D eigenvalue weighted by atomic mass is 32.2. The SMILES string of the molecule is N#Cc1ccn2ncc(-c3ncc4[nH]c(=O)n(C5CCCN(S(=O)(=O)CC(F)(F)F)C5)c4n3)c2c1. The van der Waals surface area contributed by atoms with E-state index in [1.807, 2.05) is 6.07 Å². The van der Waals surface area contributed by atoms with Crippen molar-refractivity contribution < 1.29 is 21.6 Å². The number of pyridine rings is 1. The summed E-state index contributed by atoms with van der Waals surface area (Å²) in [7, 11) is -4.59. The Kier molecular flexibility index (Phi) is 5.37. The molecule has 4 aromatic heterocycles. The van der Waals surface area contributed by atoms with E-state index in [0.717, 1.165) is 4.31 Å². The Morgan fingerprint density at radius 1 is 1.29 bits per heavy atom. The molecule has 182 valence electrons. The van der Waals surface area contributed by atoms with Gasteiger partial charge < -0.3 is 4.98 Å². The predicted molar refractivity (Wildman–Crippen MR) is 117 cm³/mol. The summed E-state index contributed by atoms with van der Waals surface area (Å²) in [5, 5.41) is 13.4. The lowest BCUT2D eigenvalue weighted by Gasteiger charge is -2.32. The molecule has 0 bridgehead atoms. The molecular weight excluding hydrogens is 489 g/mol. The molecule has 15 heteroatoms. The van der Waals surface area contributed by atoms with Gasteiger partial charge >= 0.3 is 11.9 Å². The lowest BCUT2D eigenvalue weighted by atomic mass is 10.1. The predicted octanol–water partition coefficient (Wildman–Crippen LogP) is 1.83. The van der Waals surface area contributed by atoms with Crippen LogP contribution >= 0.6 is 0 Å². The zero-order chi connectivity index (χ0) is 25.0. The zero-order valence-electron chi connectivity index (χ0n) is 17.9. The molecule has 0 saturated carbocycles. The third-order valence-corrected chi connectivity index (χ3v) is 7.62. The fourth-order valence-corrected chi connectivity index (χ4v) is 5.69. The van der Waals surface area contributed by atoms with Crippen LogP contribution in [0.4, 0.5) is 13.2 Å². The molecule has 1 aliphatic rings. The fraction of sp³-hybridized carbons (Fsp3) is 0.350. The van der Waals surface area contributed by atoms with Gasteiger partial charge in [0.25, 0.3) is 0 Å². The van der Waals surface area contributed by atoms with Crippen molar-refractivity contribution in [3.05, 3.63) is 46.8 Å². The van der Waals surface area contributed by atoms with Gasteiger partial charge in [-0.1, -0.05) is 0 Å². The standard InChI is InChI=1S/C20H17F3N8O3S/c21-20(22,23)11-35(33,34)29-4-1-2-13(10-29)31-18-15(27-19(31)32)9-25-17(28-18)14-8-26-30-5-3-12(7-24)6-16(14)30/h3,5-6,8-9,13H,1-2,4,10-11H2,(H,27,32). The number of imidazole rings is 1. The van der Waals surface area contributed by atoms with Crippen LogP contribution < -0.4 is 5.69 Å². The highest BCUT2D eigenvalue weighted by molar-refractivity contribution is 7.89. The summed E-state index contributed by atoms with van der Waals surface area (Å²) in [5.41, 5.74) is 1.38. The minimum Gasteiger partial charge on any atom is -0.303 e. The van der Waals surface area contributed by atoms with Crippen LogP contribution in [0.5, 0.6) is 0 Å². The second-order valence-corrected chi connectivity index (χ2v) is 10.1. The first-order valence-corrected chi connectivity index (χ1v) is 12.1. The number of rotatable bonds is 4. The number of hydrogen-bond donors (Lipinski definition) is 1. The van der Waals surface area contributed by atoms with Crippen molar-refractivity contribution in [2.45, 2.75) is 25.1 Å². The summed E-state index contributed by atoms with van der Waals surface area (Å²) in [4.78, 5) is 24.2. The second kappa shape index (κ2) is 8.17. The topological polar surface area (TPSA) is 142 Å². The number of halogens is 3. The minimum absolute atomic E-state index is 0.0596. The molecule has 1 atom stereocenters. The van der Waals surface area contributed by atoms with Crippen molar-refractivity contribution in [2.24, 2.45) is 0 Å². The van der Waals surface area contributed by atoms with E-state index >= 15 is 0 Å². The fourth-order valence-electron chi connectivity index (χ4n) is 4.29. The molecule has 1 N–H and O–H groups in total. The molecule has 1 unspecified atom stereocenters. The van der Waals surface area contributed by atoms with Crippen LogP contribution in [0.1, 0.15) is 24.4 Å². The van der Waals surface area contributed by atoms with Crippen molar-refractivity contribution in [1.29, 1.82) is 5.26 Å². The van der Waals surface area contributed by atoms with E-state index in [4.69, 9.17) is 0 Å². The Hall–Kier alpha value is -3.77. The average molecular weight is 506 g/mol. The van der Waals surface area contributed by atoms with E-state index in [9.17, 15) is 31.6 Å². The number of nitriles is 1. The van der Waals surface area contributed by atoms with Crippen LogP contribution in [-0.2, 0) is 10.0 Å². The molecule has 0 radical (unpaired) electrons. The molecule has 1 saturated heterocycles. The Morgan fingerprint density at radius 3 is 2.83 bits per heavy atom. The third kappa shape index (κ3) is 4.26. The van der Waals surface area contributed by atoms with E-state index in [1.54, 1.807) is 22.8 Å². The maximum atomic E-state index is 12.8. The average Bonchev–Trinajstić information content (AvgIpc) is 3.36. The number of aromatic nitrogens is 6. The molecule has 4 aromatic rings. The molecule has 35 heavy (non-hydrogen) atoms. The smallest absolute Gasteiger partial charge is 0.303 e. The quantitative estimate of drug-likeness (QED) is 0.445. The molecule has 11 nitrogen and oxygen atoms in total. The van der Waals surface area contributed by atoms with Crippen LogP contribution in [0.2, 0.25) is 0 Å². The summed E-state index contributed by atoms with van der Waals surface area (Å²) in [6, 6.07) is 4.54. The van der Waals surface area contributed by atoms with Crippen molar-refractivity contribution >= 4 is 26.7 Å². The Morgan fingerprint density at radius 2 is 2.09 bits per heavy atom. The lowest BCUT2D eigenvalue weighted by molar-refractivity contribution is -0.107. The van der Waals surface area contributed by atoms with Crippen LogP contribution in [0.3, 0.4) is 0 Å². The van der Waals surface area contributed by atoms with E-state index in [-0.39, 0.29) is 31.0 Å². The number of alkyl halides is 3. The van der Waals surface area contributed by atoms with Gasteiger partial charge in [0.15, 0.2) is 17.2 Å². The van der Waals surface area contributed by atoms with Gasteiger partial charge in [-0.3, -0.25) is 4.57 Å². The third-order valence-electron chi connectivity index (χ3n) is 5.81. The lowest BCUT2D eigenvalue weighted by Crippen LogP contribution is -2.45. The van der Waals surface area contributed by atoms with Crippen molar-refractivity contribution in [3.63, 3.8) is 0 Å². The second-order valence-electron chi connectivity index (χ2n) is 8.17. The number of sulfonamides is 1. The number of H-pyrrole nitrogens is 1. The van der Waals surface area contributed by atoms with Gasteiger partial charge in [-0.05, 0) is 25.0 Å². The Balaban J connectivity index is 1.55. The summed E-state index contributed by atoms with van der Waals surface area (Å²) in [6.45, 7) is -0.345. The van der Waals surface area contributed by atoms with Gasteiger partial charge in [0.1, 0.15) is 5.52 Å². The normalized spacial score (nSPS) is 17.7. The molecule has 0 aromatic carbocycles. The van der Waals surface area contributed by atoms with E-state index in [2.05, 4.69) is 20.1 Å². The monoisotopic (exact) mass is 506 g/mol. The number of aromatic amines is 1. The zero-order valence-corrected chi connectivity index (χ0v) is 18.7. The number of nitrogens with one attached hydrogen (secondary N) is 1. The van der Waals surface area contributed by atoms with Crippen LogP contribution in [0, 0.1) is 11.3 Å². The molecule has 1 aliphatic heterocycles. The van der Waals surface area contributed by atoms with Crippen LogP contribution in [0.25, 0.3) is 28.1 Å². The minimum atomic E-state index is -4.87. The maximum absolute atomic E-state index is 12.8. The van der Waals surface area contributed by atoms with Gasteiger partial charge in [0.05, 0.1) is 41.1 Å². The number of piperidine rings is 1. The first-order valence-electron chi connectivity index (χ1n) is 10.5. The molecule has 5 rings (SSSR count). The summed E-state index contributed by atoms with van der Waals surface area (Å²) < 4.78 is 66.5. The molecule has 1 fully saturated rings. The van der Waals surface area contributed by atoms with Crippen molar-refractivity contribution in [2.75, 3.05) is 18.8 Å². The first-order chi connectivity index (χ1) is 16.6. The van der Waals surface area contributed by atoms with Crippen molar-refractivity contribution in [3.8, 4) is 17.5 Å². The molecule has 5 heterocycles. The van der Waals surface area contributed by atoms with Gasteiger partial charge in [-0.25, -0.2) is 27.7 Å². The summed E-state index contributed by atoms with van der Waals surface area (Å²) in [5.74, 6) is -1.74. The molecule has 0 aliphatic carbocycles. The number of nitrogens with zero attached hydrogens (tertiary/aromatic N) is 7. The molecule has 0 amide bonds. The van der Waals surface area contributed by atoms with E-state index in [0.29, 0.717) is 28.6 Å². The highest BCUT2D eigenvalue weighted by Gasteiger charge is 2.40. The van der Waals surface area contributed by atoms with Crippen LogP contribution in [-0.4, -0.2) is 66.9 Å². The first kappa shape index (κ1) is 23.0. The van der Waals surface area contributed by atoms with Gasteiger partial charge in [-0.2, -0.15) is 27.8 Å².